The standard InChI is InChI=1S/C56H46N2O/c1-6-36-32-46(38-27-28-43-42-22-12-15-26-50(42)59-51(43)33-38)34(2)35(3)54(37-17-8-7-9-18-37)57-55(36)39-19-16-20-40(31-39)58-48-25-14-11-23-45(48)52-49(58)30-29-44-41-21-10-13-24-47(41)56(4,5)53(44)52/h7-31,33,35H,6,32H2,1-5H3/b46-34+,55-36-,57-54?. The normalized spacial score (nSPS) is 18.9. The highest BCUT2D eigenvalue weighted by atomic mass is 16.3. The smallest absolute Gasteiger partial charge is 0.136 e. The van der Waals surface area contributed by atoms with E-state index in [0.717, 1.165) is 63.0 Å². The Morgan fingerprint density at radius 1 is 0.644 bits per heavy atom. The summed E-state index contributed by atoms with van der Waals surface area (Å²) in [6, 6.07) is 57.6. The number of fused-ring (bicyclic) bond motifs is 10. The van der Waals surface area contributed by atoms with E-state index in [1.807, 2.05) is 6.07 Å². The van der Waals surface area contributed by atoms with Gasteiger partial charge in [0.15, 0.2) is 0 Å². The lowest BCUT2D eigenvalue weighted by atomic mass is 9.80. The molecule has 0 radical (unpaired) electrons. The van der Waals surface area contributed by atoms with Gasteiger partial charge < -0.3 is 8.98 Å². The van der Waals surface area contributed by atoms with Crippen molar-refractivity contribution in [2.45, 2.75) is 52.9 Å². The van der Waals surface area contributed by atoms with Crippen LogP contribution in [0.2, 0.25) is 0 Å². The van der Waals surface area contributed by atoms with E-state index in [4.69, 9.17) is 9.41 Å². The molecule has 59 heavy (non-hydrogen) atoms. The minimum atomic E-state index is -0.126. The maximum absolute atomic E-state index is 6.44. The second kappa shape index (κ2) is 13.4. The summed E-state index contributed by atoms with van der Waals surface area (Å²) < 4.78 is 8.91. The van der Waals surface area contributed by atoms with Gasteiger partial charge in [0.05, 0.1) is 22.4 Å². The second-order valence-corrected chi connectivity index (χ2v) is 17.0. The Balaban J connectivity index is 1.11. The molecular formula is C56H46N2O. The number of rotatable bonds is 5. The molecule has 0 fully saturated rings. The molecule has 3 nitrogen and oxygen atoms in total. The molecule has 0 N–H and O–H groups in total. The Hall–Kier alpha value is -6.71. The second-order valence-electron chi connectivity index (χ2n) is 17.0. The molecule has 1 aliphatic carbocycles. The van der Waals surface area contributed by atoms with Crippen LogP contribution in [0.25, 0.3) is 71.8 Å². The average Bonchev–Trinajstić information content (AvgIpc) is 3.89. The van der Waals surface area contributed by atoms with E-state index in [1.165, 1.54) is 66.3 Å². The van der Waals surface area contributed by atoms with Crippen LogP contribution in [0.4, 0.5) is 0 Å². The fourth-order valence-electron chi connectivity index (χ4n) is 10.3. The summed E-state index contributed by atoms with van der Waals surface area (Å²) in [5.41, 5.74) is 20.4. The SMILES string of the molecule is CC/C1=C(\c2cccc(-n3c4ccccc4c4c5c(ccc43)-c3ccccc3C5(C)C)c2)N=C(c2ccccc2)C(C)/C(C)=C(/c2ccc3c(c2)oc2ccccc23)C1. The van der Waals surface area contributed by atoms with Crippen molar-refractivity contribution in [3.63, 3.8) is 0 Å². The van der Waals surface area contributed by atoms with E-state index in [1.54, 1.807) is 0 Å². The van der Waals surface area contributed by atoms with Crippen LogP contribution >= 0.6 is 0 Å². The summed E-state index contributed by atoms with van der Waals surface area (Å²) in [5, 5.41) is 4.94. The molecule has 0 bridgehead atoms. The maximum atomic E-state index is 6.44. The number of hydrogen-bond donors (Lipinski definition) is 0. The van der Waals surface area contributed by atoms with Crippen molar-refractivity contribution in [1.82, 2.24) is 4.57 Å². The van der Waals surface area contributed by atoms with Gasteiger partial charge in [-0.2, -0.15) is 0 Å². The van der Waals surface area contributed by atoms with E-state index in [2.05, 4.69) is 191 Å². The van der Waals surface area contributed by atoms with Crippen LogP contribution in [-0.4, -0.2) is 10.3 Å². The minimum absolute atomic E-state index is 0.0854. The van der Waals surface area contributed by atoms with Crippen LogP contribution in [0.3, 0.4) is 0 Å². The summed E-state index contributed by atoms with van der Waals surface area (Å²) in [5.74, 6) is 0.0854. The zero-order valence-electron chi connectivity index (χ0n) is 34.3. The number of benzene rings is 7. The van der Waals surface area contributed by atoms with Crippen molar-refractivity contribution < 1.29 is 4.42 Å². The van der Waals surface area contributed by atoms with E-state index >= 15 is 0 Å². The zero-order valence-corrected chi connectivity index (χ0v) is 34.3. The lowest BCUT2D eigenvalue weighted by Gasteiger charge is -2.26. The molecule has 0 saturated heterocycles. The summed E-state index contributed by atoms with van der Waals surface area (Å²) in [6.07, 6.45) is 1.68. The van der Waals surface area contributed by atoms with Gasteiger partial charge in [-0.25, -0.2) is 0 Å². The van der Waals surface area contributed by atoms with Gasteiger partial charge in [-0.05, 0) is 107 Å². The molecule has 3 heteroatoms. The van der Waals surface area contributed by atoms with Crippen molar-refractivity contribution in [3.05, 3.63) is 197 Å². The van der Waals surface area contributed by atoms with Gasteiger partial charge in [0.2, 0.25) is 0 Å². The van der Waals surface area contributed by atoms with Gasteiger partial charge in [-0.1, -0.05) is 149 Å². The summed E-state index contributed by atoms with van der Waals surface area (Å²) in [6.45, 7) is 11.7. The van der Waals surface area contributed by atoms with Crippen molar-refractivity contribution in [2.24, 2.45) is 10.9 Å². The van der Waals surface area contributed by atoms with Crippen molar-refractivity contribution in [3.8, 4) is 16.8 Å². The van der Waals surface area contributed by atoms with Crippen LogP contribution in [0.1, 0.15) is 75.3 Å². The number of allylic oxidation sites excluding steroid dienone is 3. The Kier molecular flexibility index (Phi) is 8.07. The third-order valence-electron chi connectivity index (χ3n) is 13.4. The summed E-state index contributed by atoms with van der Waals surface area (Å²) in [4.78, 5) is 5.74. The molecule has 286 valence electrons. The molecule has 11 rings (SSSR count). The van der Waals surface area contributed by atoms with Crippen LogP contribution < -0.4 is 0 Å². The van der Waals surface area contributed by atoms with Crippen molar-refractivity contribution >= 4 is 60.7 Å². The molecule has 1 aliphatic heterocycles. The fourth-order valence-corrected chi connectivity index (χ4v) is 10.3. The van der Waals surface area contributed by atoms with Gasteiger partial charge in [0, 0.05) is 44.1 Å². The number of para-hydroxylation sites is 2. The third kappa shape index (κ3) is 5.37. The number of aliphatic imine (C=N–C) groups is 1. The first-order valence-electron chi connectivity index (χ1n) is 21.1. The molecule has 0 amide bonds. The average molecular weight is 763 g/mol. The predicted octanol–water partition coefficient (Wildman–Crippen LogP) is 15.1. The maximum Gasteiger partial charge on any atom is 0.136 e. The fraction of sp³-hybridized carbons (Fsp3) is 0.161. The molecule has 9 aromatic rings. The number of nitrogens with zero attached hydrogens (tertiary/aromatic N) is 2. The highest BCUT2D eigenvalue weighted by Gasteiger charge is 2.38. The number of aromatic nitrogens is 1. The Labute approximate surface area is 345 Å². The lowest BCUT2D eigenvalue weighted by Crippen LogP contribution is -2.18. The van der Waals surface area contributed by atoms with E-state index < -0.39 is 0 Å². The highest BCUT2D eigenvalue weighted by Crippen LogP contribution is 2.53. The molecule has 1 unspecified atom stereocenters. The molecule has 0 saturated carbocycles. The molecule has 3 heterocycles. The van der Waals surface area contributed by atoms with Crippen LogP contribution in [0.5, 0.6) is 0 Å². The predicted molar refractivity (Wildman–Crippen MR) is 249 cm³/mol. The quantitative estimate of drug-likeness (QED) is 0.172. The molecule has 2 aliphatic rings. The van der Waals surface area contributed by atoms with Gasteiger partial charge in [0.1, 0.15) is 11.2 Å². The summed E-state index contributed by atoms with van der Waals surface area (Å²) >= 11 is 0. The van der Waals surface area contributed by atoms with E-state index in [9.17, 15) is 0 Å². The highest BCUT2D eigenvalue weighted by molar-refractivity contribution is 6.15. The van der Waals surface area contributed by atoms with Crippen molar-refractivity contribution in [2.75, 3.05) is 0 Å². The van der Waals surface area contributed by atoms with Crippen LogP contribution in [0.15, 0.2) is 178 Å². The van der Waals surface area contributed by atoms with Gasteiger partial charge >= 0.3 is 0 Å². The van der Waals surface area contributed by atoms with Gasteiger partial charge in [0.25, 0.3) is 0 Å². The zero-order chi connectivity index (χ0) is 40.0. The largest absolute Gasteiger partial charge is 0.456 e. The first kappa shape index (κ1) is 35.5. The third-order valence-corrected chi connectivity index (χ3v) is 13.4. The Morgan fingerprint density at radius 2 is 1.37 bits per heavy atom. The van der Waals surface area contributed by atoms with E-state index in [0.29, 0.717) is 0 Å². The molecular weight excluding hydrogens is 717 g/mol. The van der Waals surface area contributed by atoms with Gasteiger partial charge in [-0.15, -0.1) is 0 Å². The van der Waals surface area contributed by atoms with Crippen LogP contribution in [-0.2, 0) is 5.41 Å². The topological polar surface area (TPSA) is 30.4 Å². The number of hydrogen-bond acceptors (Lipinski definition) is 2. The molecule has 0 spiro atoms. The Morgan fingerprint density at radius 3 is 2.22 bits per heavy atom. The summed E-state index contributed by atoms with van der Waals surface area (Å²) in [7, 11) is 0. The minimum Gasteiger partial charge on any atom is -0.456 e. The van der Waals surface area contributed by atoms with Gasteiger partial charge in [-0.3, -0.25) is 4.99 Å². The lowest BCUT2D eigenvalue weighted by molar-refractivity contribution is 0.666. The van der Waals surface area contributed by atoms with E-state index in [-0.39, 0.29) is 11.3 Å². The van der Waals surface area contributed by atoms with Crippen molar-refractivity contribution in [1.29, 1.82) is 0 Å². The molecule has 7 aromatic carbocycles. The van der Waals surface area contributed by atoms with Crippen LogP contribution in [0, 0.1) is 5.92 Å². The molecule has 2 aromatic heterocycles. The monoisotopic (exact) mass is 762 g/mol. The number of furan rings is 1. The molecule has 1 atom stereocenters. The first-order chi connectivity index (χ1) is 28.8. The Bertz CT molecular complexity index is 3270. The first-order valence-corrected chi connectivity index (χ1v) is 21.1.